The van der Waals surface area contributed by atoms with E-state index in [1.54, 1.807) is 6.21 Å². The summed E-state index contributed by atoms with van der Waals surface area (Å²) in [5.74, 6) is 0.163. The van der Waals surface area contributed by atoms with Crippen molar-refractivity contribution in [3.05, 3.63) is 77.9 Å². The molecule has 3 nitrogen and oxygen atoms in total. The Bertz CT molecular complexity index is 648. The van der Waals surface area contributed by atoms with Crippen LogP contribution in [0.5, 0.6) is 0 Å². The second-order valence-corrected chi connectivity index (χ2v) is 5.30. The molecule has 0 aliphatic rings. The molecule has 0 saturated carbocycles. The summed E-state index contributed by atoms with van der Waals surface area (Å²) in [4.78, 5) is 12.0. The van der Waals surface area contributed by atoms with Crippen LogP contribution in [0.25, 0.3) is 6.08 Å². The molecule has 0 spiro atoms. The van der Waals surface area contributed by atoms with Crippen LogP contribution in [0, 0.1) is 0 Å². The first-order valence-corrected chi connectivity index (χ1v) is 7.88. The highest BCUT2D eigenvalue weighted by molar-refractivity contribution is 5.81. The monoisotopic (exact) mass is 306 g/mol. The highest BCUT2D eigenvalue weighted by atomic mass is 16.2. The molecule has 0 saturated heterocycles. The van der Waals surface area contributed by atoms with Crippen LogP contribution in [0.3, 0.4) is 0 Å². The molecule has 2 aromatic carbocycles. The molecule has 1 N–H and O–H groups in total. The van der Waals surface area contributed by atoms with Gasteiger partial charge in [0.25, 0.3) is 0 Å². The third-order valence-electron chi connectivity index (χ3n) is 3.63. The van der Waals surface area contributed by atoms with E-state index < -0.39 is 0 Å². The van der Waals surface area contributed by atoms with Gasteiger partial charge in [-0.25, -0.2) is 5.43 Å². The third-order valence-corrected chi connectivity index (χ3v) is 3.63. The first kappa shape index (κ1) is 16.7. The molecule has 3 heteroatoms. The standard InChI is InChI=1S/C20H22N2O/c1-2-18(19-13-7-4-8-14-19)16-20(23)22-21-15-9-12-17-10-5-3-6-11-17/h3-15,18H,2,16H2,1H3,(H,22,23)/b12-9+,21-15+. The van der Waals surface area contributed by atoms with Gasteiger partial charge in [-0.05, 0) is 29.5 Å². The van der Waals surface area contributed by atoms with Crippen molar-refractivity contribution in [2.45, 2.75) is 25.7 Å². The summed E-state index contributed by atoms with van der Waals surface area (Å²) in [5, 5.41) is 3.96. The molecule has 23 heavy (non-hydrogen) atoms. The molecule has 2 rings (SSSR count). The number of benzene rings is 2. The third kappa shape index (κ3) is 5.91. The number of nitrogens with one attached hydrogen (secondary N) is 1. The number of carbonyl (C=O) groups is 1. The van der Waals surface area contributed by atoms with Gasteiger partial charge in [0, 0.05) is 12.6 Å². The molecular formula is C20H22N2O. The average Bonchev–Trinajstić information content (AvgIpc) is 2.61. The van der Waals surface area contributed by atoms with Gasteiger partial charge >= 0.3 is 0 Å². The number of nitrogens with zero attached hydrogens (tertiary/aromatic N) is 1. The van der Waals surface area contributed by atoms with E-state index in [-0.39, 0.29) is 11.8 Å². The normalized spacial score (nSPS) is 12.6. The summed E-state index contributed by atoms with van der Waals surface area (Å²) < 4.78 is 0. The lowest BCUT2D eigenvalue weighted by Gasteiger charge is -2.13. The van der Waals surface area contributed by atoms with Crippen molar-refractivity contribution < 1.29 is 4.79 Å². The van der Waals surface area contributed by atoms with Crippen molar-refractivity contribution in [1.29, 1.82) is 0 Å². The van der Waals surface area contributed by atoms with E-state index in [0.29, 0.717) is 6.42 Å². The maximum atomic E-state index is 12.0. The van der Waals surface area contributed by atoms with Crippen molar-refractivity contribution in [2.24, 2.45) is 5.10 Å². The van der Waals surface area contributed by atoms with Crippen LogP contribution < -0.4 is 5.43 Å². The molecule has 1 unspecified atom stereocenters. The van der Waals surface area contributed by atoms with Crippen molar-refractivity contribution in [2.75, 3.05) is 0 Å². The first-order chi connectivity index (χ1) is 11.3. The Labute approximate surface area is 137 Å². The van der Waals surface area contributed by atoms with Gasteiger partial charge in [0.1, 0.15) is 0 Å². The Kier molecular flexibility index (Phi) is 6.79. The molecule has 0 bridgehead atoms. The topological polar surface area (TPSA) is 41.5 Å². The maximum Gasteiger partial charge on any atom is 0.240 e. The molecule has 0 radical (unpaired) electrons. The Morgan fingerprint density at radius 1 is 1.09 bits per heavy atom. The van der Waals surface area contributed by atoms with Crippen molar-refractivity contribution in [1.82, 2.24) is 5.43 Å². The lowest BCUT2D eigenvalue weighted by molar-refractivity contribution is -0.121. The van der Waals surface area contributed by atoms with Crippen molar-refractivity contribution in [3.8, 4) is 0 Å². The molecule has 0 aliphatic carbocycles. The number of amides is 1. The second kappa shape index (κ2) is 9.36. The van der Waals surface area contributed by atoms with Crippen LogP contribution in [0.2, 0.25) is 0 Å². The van der Waals surface area contributed by atoms with E-state index in [1.165, 1.54) is 5.56 Å². The Morgan fingerprint density at radius 3 is 2.39 bits per heavy atom. The smallest absolute Gasteiger partial charge is 0.240 e. The molecule has 2 aromatic rings. The molecule has 0 heterocycles. The number of hydrogen-bond acceptors (Lipinski definition) is 2. The lowest BCUT2D eigenvalue weighted by Crippen LogP contribution is -2.19. The molecule has 1 atom stereocenters. The van der Waals surface area contributed by atoms with Gasteiger partial charge in [-0.3, -0.25) is 4.79 Å². The van der Waals surface area contributed by atoms with Crippen molar-refractivity contribution in [3.63, 3.8) is 0 Å². The predicted molar refractivity (Wildman–Crippen MR) is 96.2 cm³/mol. The van der Waals surface area contributed by atoms with Gasteiger partial charge in [-0.1, -0.05) is 73.7 Å². The van der Waals surface area contributed by atoms with E-state index in [0.717, 1.165) is 12.0 Å². The van der Waals surface area contributed by atoms with Gasteiger partial charge in [0.05, 0.1) is 0 Å². The number of hydrazone groups is 1. The Balaban J connectivity index is 1.80. The van der Waals surface area contributed by atoms with E-state index in [4.69, 9.17) is 0 Å². The summed E-state index contributed by atoms with van der Waals surface area (Å²) in [6.07, 6.45) is 6.71. The number of hydrogen-bond donors (Lipinski definition) is 1. The fraction of sp³-hybridized carbons (Fsp3) is 0.200. The number of rotatable bonds is 7. The highest BCUT2D eigenvalue weighted by Crippen LogP contribution is 2.22. The summed E-state index contributed by atoms with van der Waals surface area (Å²) in [5.41, 5.74) is 4.87. The molecule has 0 fully saturated rings. The van der Waals surface area contributed by atoms with Gasteiger partial charge in [0.2, 0.25) is 5.91 Å². The fourth-order valence-electron chi connectivity index (χ4n) is 2.36. The minimum absolute atomic E-state index is 0.0648. The molecular weight excluding hydrogens is 284 g/mol. The Morgan fingerprint density at radius 2 is 1.74 bits per heavy atom. The summed E-state index contributed by atoms with van der Waals surface area (Å²) >= 11 is 0. The Hall–Kier alpha value is -2.68. The minimum Gasteiger partial charge on any atom is -0.273 e. The fourth-order valence-corrected chi connectivity index (χ4v) is 2.36. The number of carbonyl (C=O) groups excluding carboxylic acids is 1. The van der Waals surface area contributed by atoms with Crippen LogP contribution in [-0.2, 0) is 4.79 Å². The van der Waals surface area contributed by atoms with Crippen molar-refractivity contribution >= 4 is 18.2 Å². The van der Waals surface area contributed by atoms with Gasteiger partial charge in [0.15, 0.2) is 0 Å². The minimum atomic E-state index is -0.0648. The second-order valence-electron chi connectivity index (χ2n) is 5.30. The SMILES string of the molecule is CCC(CC(=O)N/N=C/C=C/c1ccccc1)c1ccccc1. The number of allylic oxidation sites excluding steroid dienone is 1. The first-order valence-electron chi connectivity index (χ1n) is 7.88. The summed E-state index contributed by atoms with van der Waals surface area (Å²) in [6, 6.07) is 20.1. The van der Waals surface area contributed by atoms with Gasteiger partial charge in [-0.15, -0.1) is 0 Å². The molecule has 118 valence electrons. The summed E-state index contributed by atoms with van der Waals surface area (Å²) in [6.45, 7) is 2.09. The molecule has 0 aliphatic heterocycles. The van der Waals surface area contributed by atoms with Gasteiger partial charge < -0.3 is 0 Å². The van der Waals surface area contributed by atoms with Crippen LogP contribution in [0.1, 0.15) is 36.8 Å². The van der Waals surface area contributed by atoms with Crippen LogP contribution >= 0.6 is 0 Å². The van der Waals surface area contributed by atoms with Crippen LogP contribution in [0.4, 0.5) is 0 Å². The van der Waals surface area contributed by atoms with Crippen LogP contribution in [-0.4, -0.2) is 12.1 Å². The lowest BCUT2D eigenvalue weighted by atomic mass is 9.93. The zero-order chi connectivity index (χ0) is 16.3. The largest absolute Gasteiger partial charge is 0.273 e. The average molecular weight is 306 g/mol. The zero-order valence-electron chi connectivity index (χ0n) is 13.4. The summed E-state index contributed by atoms with van der Waals surface area (Å²) in [7, 11) is 0. The van der Waals surface area contributed by atoms with E-state index in [2.05, 4.69) is 29.6 Å². The van der Waals surface area contributed by atoms with Crippen LogP contribution in [0.15, 0.2) is 71.8 Å². The molecule has 1 amide bonds. The predicted octanol–water partition coefficient (Wildman–Crippen LogP) is 4.39. The quantitative estimate of drug-likeness (QED) is 0.598. The highest BCUT2D eigenvalue weighted by Gasteiger charge is 2.13. The van der Waals surface area contributed by atoms with Gasteiger partial charge in [-0.2, -0.15) is 5.10 Å². The van der Waals surface area contributed by atoms with E-state index in [9.17, 15) is 4.79 Å². The molecule has 0 aromatic heterocycles. The zero-order valence-corrected chi connectivity index (χ0v) is 13.4. The van der Waals surface area contributed by atoms with E-state index in [1.807, 2.05) is 60.7 Å². The van der Waals surface area contributed by atoms with E-state index >= 15 is 0 Å². The maximum absolute atomic E-state index is 12.0.